The number of likely N-dealkylation sites (tertiary alicyclic amines) is 1. The third-order valence-electron chi connectivity index (χ3n) is 8.77. The average molecular weight is 675 g/mol. The summed E-state index contributed by atoms with van der Waals surface area (Å²) in [6, 6.07) is 12.1. The van der Waals surface area contributed by atoms with E-state index in [1.165, 1.54) is 6.07 Å². The summed E-state index contributed by atoms with van der Waals surface area (Å²) in [5.41, 5.74) is 1.95. The summed E-state index contributed by atoms with van der Waals surface area (Å²) in [6.45, 7) is 14.9. The molecule has 260 valence electrons. The van der Waals surface area contributed by atoms with Crippen LogP contribution in [0.25, 0.3) is 0 Å². The molecule has 11 heteroatoms. The van der Waals surface area contributed by atoms with Gasteiger partial charge in [0, 0.05) is 50.2 Å². The molecular weight excluding hydrogens is 623 g/mol. The van der Waals surface area contributed by atoms with E-state index in [1.807, 2.05) is 75.0 Å². The molecule has 2 aromatic rings. The van der Waals surface area contributed by atoms with Crippen molar-refractivity contribution in [2.75, 3.05) is 58.3 Å². The van der Waals surface area contributed by atoms with Crippen LogP contribution in [0.3, 0.4) is 0 Å². The van der Waals surface area contributed by atoms with Crippen LogP contribution in [0.5, 0.6) is 0 Å². The number of ether oxygens (including phenoxy) is 1. The van der Waals surface area contributed by atoms with E-state index < -0.39 is 23.7 Å². The lowest BCUT2D eigenvalue weighted by atomic mass is 9.88. The van der Waals surface area contributed by atoms with Crippen LogP contribution < -0.4 is 4.90 Å². The maximum Gasteiger partial charge on any atom is 0.410 e. The first kappa shape index (κ1) is 38.1. The smallest absolute Gasteiger partial charge is 0.410 e. The fraction of sp³-hybridized carbons (Fsp3) is 0.583. The number of carboxylic acid groups (broad SMARTS) is 1. The number of rotatable bonds is 8. The van der Waals surface area contributed by atoms with Gasteiger partial charge in [-0.3, -0.25) is 14.5 Å². The zero-order valence-corrected chi connectivity index (χ0v) is 29.9. The molecule has 2 heterocycles. The van der Waals surface area contributed by atoms with Gasteiger partial charge in [0.1, 0.15) is 17.5 Å². The van der Waals surface area contributed by atoms with Crippen molar-refractivity contribution in [2.45, 2.75) is 77.9 Å². The molecule has 2 unspecified atom stereocenters. The number of amides is 2. The van der Waals surface area contributed by atoms with Gasteiger partial charge in [0.2, 0.25) is 5.91 Å². The number of hydrogen-bond donors (Lipinski definition) is 1. The Morgan fingerprint density at radius 2 is 1.62 bits per heavy atom. The number of carbonyl (C=O) groups is 3. The van der Waals surface area contributed by atoms with E-state index >= 15 is 4.39 Å². The Kier molecular flexibility index (Phi) is 13.5. The standard InChI is InChI=1S/C31H41ClFN3O3.C5H11NO2/c1-20(2)21(3)24-8-7-9-26(33)27(24)34-16-18-35(19-17-34)29(37)28-25(22-10-12-23(32)13-11-22)14-15-36(28)30(38)39-31(4,5)6;1-6(2)4-3-5(7)8/h7-13,20-21,25,28H,14-19H2,1-6H3;3-4H2,1-2H3,(H,7,8)/t21-,25?,28?;/m0./s1. The summed E-state index contributed by atoms with van der Waals surface area (Å²) < 4.78 is 20.8. The molecule has 0 aromatic heterocycles. The summed E-state index contributed by atoms with van der Waals surface area (Å²) in [6.07, 6.45) is 0.408. The molecule has 2 saturated heterocycles. The molecule has 2 aliphatic heterocycles. The number of aliphatic carboxylic acids is 1. The largest absolute Gasteiger partial charge is 0.481 e. The Bertz CT molecular complexity index is 1360. The normalized spacial score (nSPS) is 19.0. The lowest BCUT2D eigenvalue weighted by molar-refractivity contribution is -0.137. The van der Waals surface area contributed by atoms with Crippen molar-refractivity contribution in [3.05, 3.63) is 64.4 Å². The SMILES string of the molecule is CC(C)[C@H](C)c1cccc(F)c1N1CCN(C(=O)C2C(c3ccc(Cl)cc3)CCN2C(=O)OC(C)(C)C)CC1.CN(C)CCC(=O)O. The molecule has 4 rings (SSSR count). The Hall–Kier alpha value is -3.37. The fourth-order valence-electron chi connectivity index (χ4n) is 5.93. The third-order valence-corrected chi connectivity index (χ3v) is 9.02. The first-order valence-electron chi connectivity index (χ1n) is 16.4. The van der Waals surface area contributed by atoms with Gasteiger partial charge < -0.3 is 24.5 Å². The zero-order chi connectivity index (χ0) is 35.1. The second kappa shape index (κ2) is 16.6. The Morgan fingerprint density at radius 3 is 2.13 bits per heavy atom. The van der Waals surface area contributed by atoms with Crippen molar-refractivity contribution in [3.8, 4) is 0 Å². The van der Waals surface area contributed by atoms with Crippen molar-refractivity contribution in [1.82, 2.24) is 14.7 Å². The Morgan fingerprint density at radius 1 is 1.00 bits per heavy atom. The number of piperazine rings is 1. The van der Waals surface area contributed by atoms with Crippen LogP contribution in [0.2, 0.25) is 5.02 Å². The summed E-state index contributed by atoms with van der Waals surface area (Å²) in [5, 5.41) is 8.76. The maximum atomic E-state index is 15.1. The highest BCUT2D eigenvalue weighted by Gasteiger charge is 2.46. The van der Waals surface area contributed by atoms with E-state index in [2.05, 4.69) is 25.7 Å². The van der Waals surface area contributed by atoms with E-state index in [1.54, 1.807) is 11.0 Å². The van der Waals surface area contributed by atoms with E-state index in [0.29, 0.717) is 62.3 Å². The third kappa shape index (κ3) is 10.6. The predicted molar refractivity (Wildman–Crippen MR) is 185 cm³/mol. The Balaban J connectivity index is 0.000000665. The van der Waals surface area contributed by atoms with Gasteiger partial charge in [-0.25, -0.2) is 9.18 Å². The number of benzene rings is 2. The molecule has 2 aromatic carbocycles. The van der Waals surface area contributed by atoms with Gasteiger partial charge in [-0.1, -0.05) is 56.6 Å². The molecule has 0 spiro atoms. The molecule has 47 heavy (non-hydrogen) atoms. The van der Waals surface area contributed by atoms with Gasteiger partial charge in [-0.15, -0.1) is 0 Å². The number of halogens is 2. The minimum Gasteiger partial charge on any atom is -0.481 e. The van der Waals surface area contributed by atoms with E-state index in [9.17, 15) is 14.4 Å². The summed E-state index contributed by atoms with van der Waals surface area (Å²) in [5.74, 6) is -0.642. The van der Waals surface area contributed by atoms with Crippen molar-refractivity contribution in [2.24, 2.45) is 5.92 Å². The highest BCUT2D eigenvalue weighted by molar-refractivity contribution is 6.30. The molecule has 0 aliphatic carbocycles. The molecule has 3 atom stereocenters. The first-order chi connectivity index (χ1) is 22.0. The highest BCUT2D eigenvalue weighted by Crippen LogP contribution is 2.38. The number of carboxylic acids is 1. The van der Waals surface area contributed by atoms with Crippen molar-refractivity contribution >= 4 is 35.3 Å². The quantitative estimate of drug-likeness (QED) is 0.333. The molecule has 0 radical (unpaired) electrons. The number of anilines is 1. The second-order valence-electron chi connectivity index (χ2n) is 14.0. The lowest BCUT2D eigenvalue weighted by Gasteiger charge is -2.40. The predicted octanol–water partition coefficient (Wildman–Crippen LogP) is 6.70. The molecule has 1 N–H and O–H groups in total. The first-order valence-corrected chi connectivity index (χ1v) is 16.8. The molecule has 2 aliphatic rings. The van der Waals surface area contributed by atoms with Crippen molar-refractivity contribution in [1.29, 1.82) is 0 Å². The number of hydrogen-bond acceptors (Lipinski definition) is 6. The lowest BCUT2D eigenvalue weighted by Crippen LogP contribution is -2.56. The average Bonchev–Trinajstić information content (AvgIpc) is 3.44. The maximum absolute atomic E-state index is 15.1. The monoisotopic (exact) mass is 674 g/mol. The van der Waals surface area contributed by atoms with Gasteiger partial charge in [-0.2, -0.15) is 0 Å². The second-order valence-corrected chi connectivity index (χ2v) is 14.5. The van der Waals surface area contributed by atoms with E-state index in [4.69, 9.17) is 21.4 Å². The minimum atomic E-state index is -0.737. The minimum absolute atomic E-state index is 0.0951. The van der Waals surface area contributed by atoms with Crippen molar-refractivity contribution < 1.29 is 28.6 Å². The van der Waals surface area contributed by atoms with Crippen LogP contribution in [0.15, 0.2) is 42.5 Å². The van der Waals surface area contributed by atoms with E-state index in [-0.39, 0.29) is 30.0 Å². The van der Waals surface area contributed by atoms with Crippen LogP contribution in [0.1, 0.15) is 77.3 Å². The van der Waals surface area contributed by atoms with Crippen LogP contribution in [-0.4, -0.2) is 103 Å². The van der Waals surface area contributed by atoms with E-state index in [0.717, 1.165) is 11.1 Å². The van der Waals surface area contributed by atoms with Gasteiger partial charge in [0.05, 0.1) is 12.1 Å². The topological polar surface area (TPSA) is 93.6 Å². The Labute approximate surface area is 284 Å². The highest BCUT2D eigenvalue weighted by atomic mass is 35.5. The zero-order valence-electron chi connectivity index (χ0n) is 29.1. The van der Waals surface area contributed by atoms with Crippen LogP contribution in [0.4, 0.5) is 14.9 Å². The van der Waals surface area contributed by atoms with Gasteiger partial charge in [0.15, 0.2) is 0 Å². The fourth-order valence-corrected chi connectivity index (χ4v) is 6.06. The van der Waals surface area contributed by atoms with Gasteiger partial charge >= 0.3 is 12.1 Å². The van der Waals surface area contributed by atoms with Crippen molar-refractivity contribution in [3.63, 3.8) is 0 Å². The molecule has 0 bridgehead atoms. The molecular formula is C36H52ClFN4O5. The summed E-state index contributed by atoms with van der Waals surface area (Å²) in [4.78, 5) is 44.4. The number of carbonyl (C=O) groups excluding carboxylic acids is 2. The molecule has 0 saturated carbocycles. The molecule has 2 amide bonds. The van der Waals surface area contributed by atoms with Gasteiger partial charge in [-0.05, 0) is 82.4 Å². The summed E-state index contributed by atoms with van der Waals surface area (Å²) in [7, 11) is 3.70. The van der Waals surface area contributed by atoms with Crippen LogP contribution in [-0.2, 0) is 14.3 Å². The van der Waals surface area contributed by atoms with Crippen LogP contribution in [0, 0.1) is 11.7 Å². The number of nitrogens with zero attached hydrogens (tertiary/aromatic N) is 4. The van der Waals surface area contributed by atoms with Gasteiger partial charge in [0.25, 0.3) is 0 Å². The molecule has 9 nitrogen and oxygen atoms in total. The number of para-hydroxylation sites is 1. The molecule has 2 fully saturated rings. The van der Waals surface area contributed by atoms with Crippen LogP contribution >= 0.6 is 11.6 Å². The summed E-state index contributed by atoms with van der Waals surface area (Å²) >= 11 is 6.12.